The second-order valence-electron chi connectivity index (χ2n) is 9.82. The SMILES string of the molecule is CCOC(=O)C1=C(c2ccccc2)N=c2s/c(=C\c3ccc(-c4ccc(C(C)=O)cc4)o3)c(=O)n2[C@@H]1c1ccc(F)cc1. The molecule has 0 amide bonds. The summed E-state index contributed by atoms with van der Waals surface area (Å²) in [7, 11) is 0. The van der Waals surface area contributed by atoms with Gasteiger partial charge in [-0.15, -0.1) is 0 Å². The van der Waals surface area contributed by atoms with Crippen molar-refractivity contribution in [3.8, 4) is 11.3 Å². The fraction of sp³-hybridized carbons (Fsp3) is 0.118. The van der Waals surface area contributed by atoms with Gasteiger partial charge in [-0.2, -0.15) is 0 Å². The van der Waals surface area contributed by atoms with Gasteiger partial charge in [0.1, 0.15) is 17.3 Å². The number of hydrogen-bond acceptors (Lipinski definition) is 7. The Morgan fingerprint density at radius 2 is 1.70 bits per heavy atom. The highest BCUT2D eigenvalue weighted by molar-refractivity contribution is 7.07. The standard InChI is InChI=1S/C34H25FN2O5S/c1-3-41-33(40)29-30(23-7-5-4-6-8-23)36-34-37(31(29)24-13-15-25(35)16-14-24)32(39)28(43-34)19-26-17-18-27(42-26)22-11-9-21(10-12-22)20(2)38/h4-19,31H,3H2,1-2H3/b28-19-/t31-/m1/s1. The van der Waals surface area contributed by atoms with Gasteiger partial charge in [0.2, 0.25) is 0 Å². The highest BCUT2D eigenvalue weighted by Gasteiger charge is 2.35. The molecule has 9 heteroatoms. The Labute approximate surface area is 249 Å². The van der Waals surface area contributed by atoms with Crippen LogP contribution in [-0.4, -0.2) is 22.9 Å². The van der Waals surface area contributed by atoms with Gasteiger partial charge < -0.3 is 9.15 Å². The van der Waals surface area contributed by atoms with Crippen LogP contribution in [0.5, 0.6) is 0 Å². The van der Waals surface area contributed by atoms with Gasteiger partial charge in [0.05, 0.1) is 28.5 Å². The molecule has 3 aromatic carbocycles. The highest BCUT2D eigenvalue weighted by atomic mass is 32.1. The van der Waals surface area contributed by atoms with Crippen molar-refractivity contribution in [3.05, 3.63) is 145 Å². The number of hydrogen-bond donors (Lipinski definition) is 0. The average Bonchev–Trinajstić information content (AvgIpc) is 3.61. The van der Waals surface area contributed by atoms with Crippen LogP contribution in [0.4, 0.5) is 4.39 Å². The third-order valence-corrected chi connectivity index (χ3v) is 8.02. The van der Waals surface area contributed by atoms with Gasteiger partial charge in [0.15, 0.2) is 10.6 Å². The average molecular weight is 593 g/mol. The number of nitrogens with zero attached hydrogens (tertiary/aromatic N) is 2. The molecule has 7 nitrogen and oxygen atoms in total. The summed E-state index contributed by atoms with van der Waals surface area (Å²) in [4.78, 5) is 44.3. The topological polar surface area (TPSA) is 90.9 Å². The molecule has 0 N–H and O–H groups in total. The Morgan fingerprint density at radius 1 is 0.977 bits per heavy atom. The van der Waals surface area contributed by atoms with Crippen molar-refractivity contribution in [3.63, 3.8) is 0 Å². The molecule has 6 rings (SSSR count). The zero-order valence-corrected chi connectivity index (χ0v) is 24.1. The lowest BCUT2D eigenvalue weighted by atomic mass is 9.93. The Morgan fingerprint density at radius 3 is 2.37 bits per heavy atom. The summed E-state index contributed by atoms with van der Waals surface area (Å²) in [5.41, 5.74) is 2.80. The number of furan rings is 1. The van der Waals surface area contributed by atoms with E-state index in [2.05, 4.69) is 0 Å². The predicted molar refractivity (Wildman–Crippen MR) is 162 cm³/mol. The molecule has 0 aliphatic carbocycles. The van der Waals surface area contributed by atoms with Gasteiger partial charge in [-0.05, 0) is 43.7 Å². The number of ketones is 1. The number of aromatic nitrogens is 1. The Hall–Kier alpha value is -5.15. The minimum absolute atomic E-state index is 0.0254. The maximum Gasteiger partial charge on any atom is 0.338 e. The molecule has 1 aliphatic rings. The molecule has 0 saturated carbocycles. The van der Waals surface area contributed by atoms with Crippen LogP contribution in [0.1, 0.15) is 47.1 Å². The number of benzene rings is 3. The molecule has 214 valence electrons. The van der Waals surface area contributed by atoms with Crippen molar-refractivity contribution in [1.29, 1.82) is 0 Å². The van der Waals surface area contributed by atoms with E-state index >= 15 is 0 Å². The smallest absolute Gasteiger partial charge is 0.338 e. The quantitative estimate of drug-likeness (QED) is 0.183. The van der Waals surface area contributed by atoms with E-state index in [4.69, 9.17) is 14.1 Å². The molecule has 0 bridgehead atoms. The molecule has 2 aromatic heterocycles. The molecule has 1 atom stereocenters. The number of ether oxygens (including phenoxy) is 1. The van der Waals surface area contributed by atoms with Gasteiger partial charge in [-0.1, -0.05) is 78.1 Å². The van der Waals surface area contributed by atoms with E-state index in [0.717, 1.165) is 16.9 Å². The van der Waals surface area contributed by atoms with Crippen molar-refractivity contribution >= 4 is 34.9 Å². The van der Waals surface area contributed by atoms with Crippen molar-refractivity contribution in [1.82, 2.24) is 4.57 Å². The molecule has 5 aromatic rings. The first kappa shape index (κ1) is 28.0. The number of rotatable bonds is 7. The van der Waals surface area contributed by atoms with Gasteiger partial charge in [0.25, 0.3) is 5.56 Å². The van der Waals surface area contributed by atoms with E-state index in [0.29, 0.717) is 43.2 Å². The summed E-state index contributed by atoms with van der Waals surface area (Å²) < 4.78 is 27.2. The molecule has 0 radical (unpaired) electrons. The lowest BCUT2D eigenvalue weighted by Crippen LogP contribution is -2.40. The number of carbonyl (C=O) groups is 2. The fourth-order valence-electron chi connectivity index (χ4n) is 4.98. The van der Waals surface area contributed by atoms with Crippen molar-refractivity contribution in [2.75, 3.05) is 6.61 Å². The molecule has 0 spiro atoms. The van der Waals surface area contributed by atoms with E-state index in [-0.39, 0.29) is 23.5 Å². The Kier molecular flexibility index (Phi) is 7.56. The second kappa shape index (κ2) is 11.6. The third-order valence-electron chi connectivity index (χ3n) is 7.04. The van der Waals surface area contributed by atoms with Crippen LogP contribution in [-0.2, 0) is 9.53 Å². The van der Waals surface area contributed by atoms with Crippen LogP contribution in [0.15, 0.2) is 111 Å². The molecular weight excluding hydrogens is 567 g/mol. The van der Waals surface area contributed by atoms with Crippen LogP contribution in [0.2, 0.25) is 0 Å². The van der Waals surface area contributed by atoms with Gasteiger partial charge in [-0.3, -0.25) is 14.2 Å². The predicted octanol–water partition coefficient (Wildman–Crippen LogP) is 5.54. The molecule has 0 saturated heterocycles. The minimum atomic E-state index is -0.903. The first-order chi connectivity index (χ1) is 20.8. The maximum atomic E-state index is 14.0. The highest BCUT2D eigenvalue weighted by Crippen LogP contribution is 2.35. The molecule has 43 heavy (non-hydrogen) atoms. The zero-order chi connectivity index (χ0) is 30.1. The first-order valence-corrected chi connectivity index (χ1v) is 14.4. The summed E-state index contributed by atoms with van der Waals surface area (Å²) in [6.45, 7) is 3.34. The maximum absolute atomic E-state index is 14.0. The first-order valence-electron chi connectivity index (χ1n) is 13.6. The van der Waals surface area contributed by atoms with Crippen LogP contribution in [0.25, 0.3) is 23.1 Å². The molecule has 0 fully saturated rings. The number of halogens is 1. The lowest BCUT2D eigenvalue weighted by Gasteiger charge is -2.25. The van der Waals surface area contributed by atoms with E-state index in [1.54, 1.807) is 61.5 Å². The van der Waals surface area contributed by atoms with E-state index in [1.807, 2.05) is 30.3 Å². The largest absolute Gasteiger partial charge is 0.463 e. The minimum Gasteiger partial charge on any atom is -0.463 e. The molecular formula is C34H25FN2O5S. The van der Waals surface area contributed by atoms with Crippen LogP contribution < -0.4 is 14.9 Å². The number of fused-ring (bicyclic) bond motifs is 1. The van der Waals surface area contributed by atoms with E-state index in [1.165, 1.54) is 23.6 Å². The van der Waals surface area contributed by atoms with Crippen molar-refractivity contribution in [2.45, 2.75) is 19.9 Å². The van der Waals surface area contributed by atoms with Gasteiger partial charge in [-0.25, -0.2) is 14.2 Å². The van der Waals surface area contributed by atoms with Crippen LogP contribution in [0, 0.1) is 5.82 Å². The van der Waals surface area contributed by atoms with Crippen molar-refractivity contribution < 1.29 is 23.1 Å². The molecule has 1 aliphatic heterocycles. The zero-order valence-electron chi connectivity index (χ0n) is 23.2. The number of esters is 1. The monoisotopic (exact) mass is 592 g/mol. The Balaban J connectivity index is 1.52. The summed E-state index contributed by atoms with van der Waals surface area (Å²) >= 11 is 1.16. The summed E-state index contributed by atoms with van der Waals surface area (Å²) in [5, 5.41) is 0. The number of Topliss-reactive ketones (excluding diaryl/α,β-unsaturated/α-hetero) is 1. The summed E-state index contributed by atoms with van der Waals surface area (Å²) in [6.07, 6.45) is 1.63. The lowest BCUT2D eigenvalue weighted by molar-refractivity contribution is -0.138. The van der Waals surface area contributed by atoms with Crippen LogP contribution >= 0.6 is 11.3 Å². The molecule has 3 heterocycles. The van der Waals surface area contributed by atoms with E-state index in [9.17, 15) is 18.8 Å². The third kappa shape index (κ3) is 5.42. The van der Waals surface area contributed by atoms with Gasteiger partial charge >= 0.3 is 5.97 Å². The van der Waals surface area contributed by atoms with E-state index < -0.39 is 17.8 Å². The number of carbonyl (C=O) groups excluding carboxylic acids is 2. The molecule has 0 unspecified atom stereocenters. The second-order valence-corrected chi connectivity index (χ2v) is 10.8. The summed E-state index contributed by atoms with van der Waals surface area (Å²) in [6, 6.07) is 24.6. The van der Waals surface area contributed by atoms with Crippen molar-refractivity contribution in [2.24, 2.45) is 4.99 Å². The fourth-order valence-corrected chi connectivity index (χ4v) is 5.97. The van der Waals surface area contributed by atoms with Gasteiger partial charge in [0, 0.05) is 22.8 Å². The Bertz CT molecular complexity index is 2050. The normalized spacial score (nSPS) is 14.8. The number of thiazole rings is 1. The summed E-state index contributed by atoms with van der Waals surface area (Å²) in [5.74, 6) is -0.0511. The van der Waals surface area contributed by atoms with Crippen LogP contribution in [0.3, 0.4) is 0 Å².